The highest BCUT2D eigenvalue weighted by atomic mass is 32.1. The fraction of sp³-hybridized carbons (Fsp3) is 0. The number of benzene rings is 1. The molecule has 0 bridgehead atoms. The third kappa shape index (κ3) is 2.12. The smallest absolute Gasteiger partial charge is 0.270 e. The molecule has 20 heavy (non-hydrogen) atoms. The predicted molar refractivity (Wildman–Crippen MR) is 74.1 cm³/mol. The Kier molecular flexibility index (Phi) is 2.92. The molecule has 8 heteroatoms. The second-order valence-electron chi connectivity index (χ2n) is 3.96. The Morgan fingerprint density at radius 1 is 1.35 bits per heavy atom. The number of nitro benzene ring substituents is 1. The summed E-state index contributed by atoms with van der Waals surface area (Å²) in [7, 11) is 0. The van der Waals surface area contributed by atoms with Gasteiger partial charge in [0, 0.05) is 28.8 Å². The lowest BCUT2D eigenvalue weighted by molar-refractivity contribution is -0.384. The molecular weight excluding hydrogens is 280 g/mol. The van der Waals surface area contributed by atoms with Crippen molar-refractivity contribution in [1.29, 1.82) is 0 Å². The van der Waals surface area contributed by atoms with Gasteiger partial charge in [-0.3, -0.25) is 10.1 Å². The number of hydrogen-bond donors (Lipinski definition) is 1. The number of hydrogen-bond acceptors (Lipinski definition) is 7. The highest BCUT2D eigenvalue weighted by molar-refractivity contribution is 7.08. The lowest BCUT2D eigenvalue weighted by Crippen LogP contribution is -1.94. The molecule has 2 aromatic heterocycles. The van der Waals surface area contributed by atoms with Crippen LogP contribution in [-0.4, -0.2) is 15.1 Å². The molecule has 0 spiro atoms. The van der Waals surface area contributed by atoms with Gasteiger partial charge in [-0.2, -0.15) is 16.3 Å². The van der Waals surface area contributed by atoms with Gasteiger partial charge in [0.15, 0.2) is 0 Å². The minimum atomic E-state index is -0.501. The van der Waals surface area contributed by atoms with Crippen molar-refractivity contribution in [3.05, 3.63) is 45.1 Å². The van der Waals surface area contributed by atoms with Crippen LogP contribution in [0.15, 0.2) is 39.5 Å². The van der Waals surface area contributed by atoms with Gasteiger partial charge in [0.1, 0.15) is 0 Å². The van der Waals surface area contributed by atoms with Crippen LogP contribution in [0.2, 0.25) is 0 Å². The molecule has 1 aromatic carbocycles. The zero-order valence-corrected chi connectivity index (χ0v) is 10.8. The van der Waals surface area contributed by atoms with Gasteiger partial charge in [0.25, 0.3) is 11.6 Å². The van der Waals surface area contributed by atoms with Gasteiger partial charge >= 0.3 is 0 Å². The van der Waals surface area contributed by atoms with E-state index < -0.39 is 4.92 Å². The number of nitrogens with zero attached hydrogens (tertiary/aromatic N) is 3. The number of nitrogens with two attached hydrogens (primary N) is 1. The topological polar surface area (TPSA) is 108 Å². The van der Waals surface area contributed by atoms with E-state index in [9.17, 15) is 10.1 Å². The van der Waals surface area contributed by atoms with Gasteiger partial charge in [0.05, 0.1) is 10.5 Å². The molecule has 3 rings (SSSR count). The highest BCUT2D eigenvalue weighted by Crippen LogP contribution is 2.30. The number of rotatable bonds is 3. The molecule has 2 heterocycles. The van der Waals surface area contributed by atoms with Gasteiger partial charge < -0.3 is 10.3 Å². The first-order chi connectivity index (χ1) is 9.65. The van der Waals surface area contributed by atoms with Crippen molar-refractivity contribution in [3.63, 3.8) is 0 Å². The minimum absolute atomic E-state index is 0.0792. The average molecular weight is 288 g/mol. The van der Waals surface area contributed by atoms with E-state index in [0.29, 0.717) is 17.1 Å². The maximum absolute atomic E-state index is 10.8. The summed E-state index contributed by atoms with van der Waals surface area (Å²) >= 11 is 1.51. The van der Waals surface area contributed by atoms with E-state index in [4.69, 9.17) is 10.3 Å². The molecular formula is C12H8N4O3S. The first-order valence-corrected chi connectivity index (χ1v) is 6.50. The molecule has 0 saturated carbocycles. The Morgan fingerprint density at radius 2 is 2.20 bits per heavy atom. The van der Waals surface area contributed by atoms with Crippen molar-refractivity contribution in [2.45, 2.75) is 0 Å². The van der Waals surface area contributed by atoms with E-state index in [1.165, 1.54) is 29.5 Å². The second-order valence-corrected chi connectivity index (χ2v) is 4.74. The summed E-state index contributed by atoms with van der Waals surface area (Å²) in [6, 6.07) is 5.95. The lowest BCUT2D eigenvalue weighted by atomic mass is 10.1. The highest BCUT2D eigenvalue weighted by Gasteiger charge is 2.17. The molecule has 0 aliphatic heterocycles. The standard InChI is InChI=1S/C12H8N4O3S/c13-10-2-1-8(16(17)18)5-9(10)12-14-11(15-19-12)7-3-4-20-6-7/h1-6H,13H2. The van der Waals surface area contributed by atoms with Crippen molar-refractivity contribution in [1.82, 2.24) is 10.1 Å². The Morgan fingerprint density at radius 3 is 2.90 bits per heavy atom. The summed E-state index contributed by atoms with van der Waals surface area (Å²) in [6.45, 7) is 0. The van der Waals surface area contributed by atoms with Gasteiger partial charge in [-0.15, -0.1) is 0 Å². The summed E-state index contributed by atoms with van der Waals surface area (Å²) in [5.41, 5.74) is 7.25. The zero-order valence-electron chi connectivity index (χ0n) is 10.0. The number of aromatic nitrogens is 2. The van der Waals surface area contributed by atoms with Crippen molar-refractivity contribution < 1.29 is 9.45 Å². The van der Waals surface area contributed by atoms with E-state index in [0.717, 1.165) is 5.56 Å². The van der Waals surface area contributed by atoms with Crippen LogP contribution in [0.5, 0.6) is 0 Å². The summed E-state index contributed by atoms with van der Waals surface area (Å²) in [5.74, 6) is 0.583. The van der Waals surface area contributed by atoms with E-state index in [2.05, 4.69) is 10.1 Å². The molecule has 100 valence electrons. The zero-order chi connectivity index (χ0) is 14.1. The van der Waals surface area contributed by atoms with Gasteiger partial charge in [0.2, 0.25) is 5.82 Å². The molecule has 2 N–H and O–H groups in total. The van der Waals surface area contributed by atoms with Crippen LogP contribution in [0.4, 0.5) is 11.4 Å². The van der Waals surface area contributed by atoms with Gasteiger partial charge in [-0.05, 0) is 17.5 Å². The van der Waals surface area contributed by atoms with Crippen LogP contribution in [0.25, 0.3) is 22.8 Å². The van der Waals surface area contributed by atoms with Crippen molar-refractivity contribution >= 4 is 22.7 Å². The Balaban J connectivity index is 2.05. The number of nitro groups is 1. The van der Waals surface area contributed by atoms with Crippen LogP contribution in [-0.2, 0) is 0 Å². The van der Waals surface area contributed by atoms with Crippen molar-refractivity contribution in [2.24, 2.45) is 0 Å². The van der Waals surface area contributed by atoms with Crippen molar-refractivity contribution in [2.75, 3.05) is 5.73 Å². The number of thiophene rings is 1. The first-order valence-electron chi connectivity index (χ1n) is 5.56. The van der Waals surface area contributed by atoms with E-state index in [1.54, 1.807) is 0 Å². The Hall–Kier alpha value is -2.74. The quantitative estimate of drug-likeness (QED) is 0.451. The molecule has 7 nitrogen and oxygen atoms in total. The third-order valence-corrected chi connectivity index (χ3v) is 3.37. The predicted octanol–water partition coefficient (Wildman–Crippen LogP) is 2.96. The Bertz CT molecular complexity index is 767. The average Bonchev–Trinajstić information content (AvgIpc) is 3.10. The molecule has 0 aliphatic rings. The fourth-order valence-electron chi connectivity index (χ4n) is 1.68. The van der Waals surface area contributed by atoms with E-state index in [-0.39, 0.29) is 11.6 Å². The lowest BCUT2D eigenvalue weighted by Gasteiger charge is -1.99. The molecule has 0 atom stereocenters. The monoisotopic (exact) mass is 288 g/mol. The molecule has 0 saturated heterocycles. The van der Waals surface area contributed by atoms with Gasteiger partial charge in [-0.25, -0.2) is 0 Å². The Labute approximate surface area is 116 Å². The van der Waals surface area contributed by atoms with Crippen LogP contribution in [0, 0.1) is 10.1 Å². The van der Waals surface area contributed by atoms with Gasteiger partial charge in [-0.1, -0.05) is 5.16 Å². The normalized spacial score (nSPS) is 10.6. The number of anilines is 1. The SMILES string of the molecule is Nc1ccc([N+](=O)[O-])cc1-c1nc(-c2ccsc2)no1. The minimum Gasteiger partial charge on any atom is -0.398 e. The summed E-state index contributed by atoms with van der Waals surface area (Å²) in [5, 5.41) is 18.4. The fourth-order valence-corrected chi connectivity index (χ4v) is 2.32. The first kappa shape index (κ1) is 12.3. The van der Waals surface area contributed by atoms with Crippen LogP contribution < -0.4 is 5.73 Å². The maximum Gasteiger partial charge on any atom is 0.270 e. The van der Waals surface area contributed by atoms with Crippen LogP contribution in [0.3, 0.4) is 0 Å². The molecule has 0 unspecified atom stereocenters. The number of non-ortho nitro benzene ring substituents is 1. The molecule has 0 aliphatic carbocycles. The van der Waals surface area contributed by atoms with Crippen LogP contribution >= 0.6 is 11.3 Å². The third-order valence-electron chi connectivity index (χ3n) is 2.68. The summed E-state index contributed by atoms with van der Waals surface area (Å²) in [6.07, 6.45) is 0. The van der Waals surface area contributed by atoms with Crippen molar-refractivity contribution in [3.8, 4) is 22.8 Å². The number of nitrogen functional groups attached to an aromatic ring is 1. The van der Waals surface area contributed by atoms with Crippen LogP contribution in [0.1, 0.15) is 0 Å². The second kappa shape index (κ2) is 4.74. The molecule has 3 aromatic rings. The van der Waals surface area contributed by atoms with E-state index in [1.807, 2.05) is 16.8 Å². The van der Waals surface area contributed by atoms with E-state index >= 15 is 0 Å². The summed E-state index contributed by atoms with van der Waals surface area (Å²) < 4.78 is 5.13. The maximum atomic E-state index is 10.8. The molecule has 0 radical (unpaired) electrons. The molecule has 0 amide bonds. The molecule has 0 fully saturated rings. The summed E-state index contributed by atoms with van der Waals surface area (Å²) in [4.78, 5) is 14.5. The largest absolute Gasteiger partial charge is 0.398 e.